The van der Waals surface area contributed by atoms with Gasteiger partial charge in [0.05, 0.1) is 0 Å². The number of ether oxygens (including phenoxy) is 1. The molecule has 0 spiro atoms. The smallest absolute Gasteiger partial charge is 0.158 e. The quantitative estimate of drug-likeness (QED) is 0.799. The maximum Gasteiger partial charge on any atom is 0.158 e. The van der Waals surface area contributed by atoms with Crippen LogP contribution in [0.5, 0.6) is 0 Å². The van der Waals surface area contributed by atoms with E-state index in [1.54, 1.807) is 7.11 Å². The highest BCUT2D eigenvalue weighted by Gasteiger charge is 2.26. The Morgan fingerprint density at radius 2 is 1.90 bits per heavy atom. The summed E-state index contributed by atoms with van der Waals surface area (Å²) in [5, 5.41) is 0.491. The predicted octanol–water partition coefficient (Wildman–Crippen LogP) is 2.34. The summed E-state index contributed by atoms with van der Waals surface area (Å²) in [5.74, 6) is 1.58. The standard InChI is InChI=1S/C15H23ClN4O/c1-21-11-14-17-13(16)10-15(18-14)20-8-6-19(7-9-20)12-4-2-3-5-12/h10,12H,2-9,11H2,1H3. The van der Waals surface area contributed by atoms with Crippen LogP contribution in [0.2, 0.25) is 5.15 Å². The van der Waals surface area contributed by atoms with E-state index < -0.39 is 0 Å². The lowest BCUT2D eigenvalue weighted by atomic mass is 10.2. The van der Waals surface area contributed by atoms with Crippen LogP contribution >= 0.6 is 11.6 Å². The Labute approximate surface area is 131 Å². The van der Waals surface area contributed by atoms with Crippen molar-refractivity contribution in [1.82, 2.24) is 14.9 Å². The Bertz CT molecular complexity index is 471. The molecule has 1 aliphatic carbocycles. The van der Waals surface area contributed by atoms with E-state index in [1.807, 2.05) is 6.07 Å². The molecule has 0 unspecified atom stereocenters. The summed E-state index contributed by atoms with van der Waals surface area (Å²) in [4.78, 5) is 13.7. The third-order valence-electron chi connectivity index (χ3n) is 4.48. The molecule has 0 aromatic carbocycles. The first-order chi connectivity index (χ1) is 10.3. The first-order valence-corrected chi connectivity index (χ1v) is 8.15. The number of rotatable bonds is 4. The summed E-state index contributed by atoms with van der Waals surface area (Å²) in [6.45, 7) is 4.65. The Balaban J connectivity index is 1.63. The van der Waals surface area contributed by atoms with Crippen molar-refractivity contribution in [3.8, 4) is 0 Å². The van der Waals surface area contributed by atoms with E-state index >= 15 is 0 Å². The Kier molecular flexibility index (Phi) is 4.93. The van der Waals surface area contributed by atoms with Crippen LogP contribution in [0, 0.1) is 0 Å². The van der Waals surface area contributed by atoms with Gasteiger partial charge in [-0.25, -0.2) is 9.97 Å². The van der Waals surface area contributed by atoms with E-state index in [0.717, 1.165) is 38.0 Å². The monoisotopic (exact) mass is 310 g/mol. The van der Waals surface area contributed by atoms with Crippen molar-refractivity contribution in [3.05, 3.63) is 17.0 Å². The van der Waals surface area contributed by atoms with Crippen molar-refractivity contribution in [3.63, 3.8) is 0 Å². The normalized spacial score (nSPS) is 21.1. The summed E-state index contributed by atoms with van der Waals surface area (Å²) in [7, 11) is 1.64. The first kappa shape index (κ1) is 15.0. The minimum absolute atomic E-state index is 0.398. The van der Waals surface area contributed by atoms with Gasteiger partial charge in [0.15, 0.2) is 5.82 Å². The molecule has 0 bridgehead atoms. The summed E-state index contributed by atoms with van der Waals surface area (Å²) in [5.41, 5.74) is 0. The number of aromatic nitrogens is 2. The fraction of sp³-hybridized carbons (Fsp3) is 0.733. The molecule has 2 aliphatic rings. The summed E-state index contributed by atoms with van der Waals surface area (Å²) < 4.78 is 5.10. The summed E-state index contributed by atoms with van der Waals surface area (Å²) in [6, 6.07) is 2.66. The molecule has 1 aromatic rings. The Hall–Kier alpha value is -0.910. The zero-order chi connectivity index (χ0) is 14.7. The van der Waals surface area contributed by atoms with Gasteiger partial charge in [0, 0.05) is 45.4 Å². The average molecular weight is 311 g/mol. The van der Waals surface area contributed by atoms with E-state index in [4.69, 9.17) is 16.3 Å². The number of piperazine rings is 1. The maximum atomic E-state index is 6.09. The van der Waals surface area contributed by atoms with Crippen molar-refractivity contribution in [1.29, 1.82) is 0 Å². The van der Waals surface area contributed by atoms with Crippen LogP contribution in [-0.2, 0) is 11.3 Å². The SMILES string of the molecule is COCc1nc(Cl)cc(N2CCN(C3CCCC3)CC2)n1. The molecule has 0 N–H and O–H groups in total. The summed E-state index contributed by atoms with van der Waals surface area (Å²) >= 11 is 6.09. The molecule has 2 heterocycles. The molecular formula is C15H23ClN4O. The third kappa shape index (κ3) is 3.65. The van der Waals surface area contributed by atoms with Gasteiger partial charge in [0.25, 0.3) is 0 Å². The number of hydrogen-bond donors (Lipinski definition) is 0. The second-order valence-electron chi connectivity index (χ2n) is 5.86. The van der Waals surface area contributed by atoms with Crippen LogP contribution in [0.3, 0.4) is 0 Å². The first-order valence-electron chi connectivity index (χ1n) is 7.77. The molecule has 1 aliphatic heterocycles. The zero-order valence-corrected chi connectivity index (χ0v) is 13.3. The van der Waals surface area contributed by atoms with Gasteiger partial charge in [-0.05, 0) is 12.8 Å². The molecule has 2 fully saturated rings. The largest absolute Gasteiger partial charge is 0.377 e. The lowest BCUT2D eigenvalue weighted by molar-refractivity contribution is 0.177. The van der Waals surface area contributed by atoms with E-state index in [0.29, 0.717) is 17.6 Å². The van der Waals surface area contributed by atoms with Gasteiger partial charge in [-0.1, -0.05) is 24.4 Å². The van der Waals surface area contributed by atoms with E-state index in [2.05, 4.69) is 19.8 Å². The Morgan fingerprint density at radius 3 is 2.57 bits per heavy atom. The highest BCUT2D eigenvalue weighted by atomic mass is 35.5. The van der Waals surface area contributed by atoms with Gasteiger partial charge in [-0.3, -0.25) is 4.90 Å². The van der Waals surface area contributed by atoms with Crippen molar-refractivity contribution in [2.24, 2.45) is 0 Å². The molecule has 0 atom stereocenters. The van der Waals surface area contributed by atoms with E-state index in [-0.39, 0.29) is 0 Å². The fourth-order valence-corrected chi connectivity index (χ4v) is 3.59. The molecule has 5 nitrogen and oxygen atoms in total. The highest BCUT2D eigenvalue weighted by Crippen LogP contribution is 2.25. The van der Waals surface area contributed by atoms with E-state index in [1.165, 1.54) is 25.7 Å². The van der Waals surface area contributed by atoms with Gasteiger partial charge in [0.1, 0.15) is 17.6 Å². The van der Waals surface area contributed by atoms with Gasteiger partial charge in [-0.2, -0.15) is 0 Å². The molecular weight excluding hydrogens is 288 g/mol. The lowest BCUT2D eigenvalue weighted by Crippen LogP contribution is -2.50. The van der Waals surface area contributed by atoms with Crippen LogP contribution in [0.1, 0.15) is 31.5 Å². The zero-order valence-electron chi connectivity index (χ0n) is 12.6. The molecule has 6 heteroatoms. The van der Waals surface area contributed by atoms with Crippen LogP contribution < -0.4 is 4.90 Å². The van der Waals surface area contributed by atoms with Crippen LogP contribution in [0.4, 0.5) is 5.82 Å². The van der Waals surface area contributed by atoms with Gasteiger partial charge in [-0.15, -0.1) is 0 Å². The Morgan fingerprint density at radius 1 is 1.19 bits per heavy atom. The van der Waals surface area contributed by atoms with Crippen LogP contribution in [-0.4, -0.2) is 54.2 Å². The van der Waals surface area contributed by atoms with Crippen molar-refractivity contribution in [2.75, 3.05) is 38.2 Å². The number of nitrogens with zero attached hydrogens (tertiary/aromatic N) is 4. The maximum absolute atomic E-state index is 6.09. The molecule has 1 saturated carbocycles. The third-order valence-corrected chi connectivity index (χ3v) is 4.67. The minimum Gasteiger partial charge on any atom is -0.377 e. The molecule has 3 rings (SSSR count). The number of halogens is 1. The lowest BCUT2D eigenvalue weighted by Gasteiger charge is -2.38. The average Bonchev–Trinajstić information content (AvgIpc) is 3.01. The van der Waals surface area contributed by atoms with Crippen molar-refractivity contribution in [2.45, 2.75) is 38.3 Å². The van der Waals surface area contributed by atoms with E-state index in [9.17, 15) is 0 Å². The molecule has 1 saturated heterocycles. The fourth-order valence-electron chi connectivity index (χ4n) is 3.39. The molecule has 1 aromatic heterocycles. The number of anilines is 1. The minimum atomic E-state index is 0.398. The van der Waals surface area contributed by atoms with Crippen LogP contribution in [0.15, 0.2) is 6.07 Å². The topological polar surface area (TPSA) is 41.5 Å². The van der Waals surface area contributed by atoms with Gasteiger partial charge < -0.3 is 9.64 Å². The predicted molar refractivity (Wildman–Crippen MR) is 83.8 cm³/mol. The molecule has 0 radical (unpaired) electrons. The van der Waals surface area contributed by atoms with Crippen LogP contribution in [0.25, 0.3) is 0 Å². The molecule has 21 heavy (non-hydrogen) atoms. The second kappa shape index (κ2) is 6.90. The number of hydrogen-bond acceptors (Lipinski definition) is 5. The van der Waals surface area contributed by atoms with Gasteiger partial charge in [0.2, 0.25) is 0 Å². The van der Waals surface area contributed by atoms with Gasteiger partial charge >= 0.3 is 0 Å². The molecule has 116 valence electrons. The second-order valence-corrected chi connectivity index (χ2v) is 6.25. The van der Waals surface area contributed by atoms with Crippen molar-refractivity contribution < 1.29 is 4.74 Å². The number of methoxy groups -OCH3 is 1. The highest BCUT2D eigenvalue weighted by molar-refractivity contribution is 6.29. The molecule has 0 amide bonds. The summed E-state index contributed by atoms with van der Waals surface area (Å²) in [6.07, 6.45) is 5.54. The van der Waals surface area contributed by atoms with Crippen molar-refractivity contribution >= 4 is 17.4 Å².